The second-order valence-corrected chi connectivity index (χ2v) is 5.54. The number of nitrogens with zero attached hydrogens (tertiary/aromatic N) is 1. The number of ether oxygens (including phenoxy) is 1. The summed E-state index contributed by atoms with van der Waals surface area (Å²) in [6.07, 6.45) is 6.13. The minimum atomic E-state index is -0.516. The molecule has 0 aliphatic heterocycles. The van der Waals surface area contributed by atoms with E-state index >= 15 is 0 Å². The van der Waals surface area contributed by atoms with Crippen LogP contribution in [0.15, 0.2) is 12.7 Å². The highest BCUT2D eigenvalue weighted by Crippen LogP contribution is 2.23. The number of carbonyl (C=O) groups excluding carboxylic acids is 1. The Hall–Kier alpha value is -0.830. The summed E-state index contributed by atoms with van der Waals surface area (Å²) >= 11 is 0. The van der Waals surface area contributed by atoms with Crippen molar-refractivity contribution in [1.82, 2.24) is 0 Å². The fourth-order valence-corrected chi connectivity index (χ4v) is 1.61. The molecule has 0 saturated carbocycles. The summed E-state index contributed by atoms with van der Waals surface area (Å²) in [5.41, 5.74) is -0.516. The van der Waals surface area contributed by atoms with Gasteiger partial charge in [0.05, 0.1) is 20.6 Å². The van der Waals surface area contributed by atoms with Crippen LogP contribution in [0.1, 0.15) is 46.5 Å². The average molecular weight is 242 g/mol. The van der Waals surface area contributed by atoms with Gasteiger partial charge in [-0.3, -0.25) is 4.48 Å². The summed E-state index contributed by atoms with van der Waals surface area (Å²) < 4.78 is 6.10. The summed E-state index contributed by atoms with van der Waals surface area (Å²) in [6.45, 7) is 10.6. The van der Waals surface area contributed by atoms with Crippen molar-refractivity contribution >= 4 is 5.97 Å². The molecule has 3 nitrogen and oxygen atoms in total. The van der Waals surface area contributed by atoms with Gasteiger partial charge >= 0.3 is 5.97 Å². The lowest BCUT2D eigenvalue weighted by Gasteiger charge is -2.43. The van der Waals surface area contributed by atoms with Crippen LogP contribution in [0, 0.1) is 0 Å². The Morgan fingerprint density at radius 2 is 1.88 bits per heavy atom. The second kappa shape index (κ2) is 6.80. The third-order valence-corrected chi connectivity index (χ3v) is 3.55. The smallest absolute Gasteiger partial charge is 0.334 e. The van der Waals surface area contributed by atoms with Gasteiger partial charge in [0.2, 0.25) is 5.72 Å². The first kappa shape index (κ1) is 16.2. The molecule has 0 aliphatic rings. The Labute approximate surface area is 106 Å². The molecule has 0 N–H and O–H groups in total. The van der Waals surface area contributed by atoms with Gasteiger partial charge in [-0.15, -0.1) is 0 Å². The van der Waals surface area contributed by atoms with Crippen molar-refractivity contribution < 1.29 is 14.0 Å². The average Bonchev–Trinajstić information content (AvgIpc) is 2.23. The van der Waals surface area contributed by atoms with Gasteiger partial charge in [-0.2, -0.15) is 0 Å². The first-order chi connectivity index (χ1) is 7.77. The fraction of sp³-hybridized carbons (Fsp3) is 0.786. The van der Waals surface area contributed by atoms with E-state index in [0.29, 0.717) is 4.48 Å². The summed E-state index contributed by atoms with van der Waals surface area (Å²) in [4.78, 5) is 11.3. The fourth-order valence-electron chi connectivity index (χ4n) is 1.61. The Balaban J connectivity index is 4.34. The molecular weight excluding hydrogens is 214 g/mol. The Bertz CT molecular complexity index is 257. The Kier molecular flexibility index (Phi) is 6.46. The molecule has 17 heavy (non-hydrogen) atoms. The van der Waals surface area contributed by atoms with Crippen molar-refractivity contribution in [3.63, 3.8) is 0 Å². The van der Waals surface area contributed by atoms with Gasteiger partial charge in [0, 0.05) is 19.9 Å². The Morgan fingerprint density at radius 3 is 2.35 bits per heavy atom. The minimum absolute atomic E-state index is 0.352. The standard InChI is InChI=1S/C14H28NO2/c1-7-9-10-11-12-15(5,6)14(3,4)17-13(16)8-2/h8H,2,7,9-12H2,1,3-6H3/q+1. The van der Waals surface area contributed by atoms with Crippen LogP contribution in [0.5, 0.6) is 0 Å². The molecule has 0 radical (unpaired) electrons. The normalized spacial score (nSPS) is 12.3. The molecule has 0 bridgehead atoms. The van der Waals surface area contributed by atoms with E-state index in [-0.39, 0.29) is 5.97 Å². The first-order valence-electron chi connectivity index (χ1n) is 6.45. The maximum Gasteiger partial charge on any atom is 0.334 e. The molecule has 0 aromatic heterocycles. The van der Waals surface area contributed by atoms with Crippen LogP contribution >= 0.6 is 0 Å². The molecule has 0 fully saturated rings. The lowest BCUT2D eigenvalue weighted by Crippen LogP contribution is -2.58. The van der Waals surface area contributed by atoms with E-state index in [1.54, 1.807) is 0 Å². The molecule has 0 heterocycles. The van der Waals surface area contributed by atoms with E-state index in [4.69, 9.17) is 4.74 Å². The van der Waals surface area contributed by atoms with Crippen LogP contribution in [0.2, 0.25) is 0 Å². The molecule has 0 atom stereocenters. The minimum Gasteiger partial charge on any atom is -0.407 e. The SMILES string of the molecule is C=CC(=O)OC(C)(C)[N+](C)(C)CCCCCC. The number of unbranched alkanes of at least 4 members (excludes halogenated alkanes) is 3. The molecule has 0 amide bonds. The topological polar surface area (TPSA) is 26.3 Å². The van der Waals surface area contributed by atoms with E-state index in [9.17, 15) is 4.79 Å². The van der Waals surface area contributed by atoms with Crippen molar-refractivity contribution in [2.45, 2.75) is 52.2 Å². The van der Waals surface area contributed by atoms with Crippen LogP contribution < -0.4 is 0 Å². The van der Waals surface area contributed by atoms with E-state index in [1.807, 2.05) is 13.8 Å². The molecule has 0 aromatic carbocycles. The van der Waals surface area contributed by atoms with E-state index < -0.39 is 5.72 Å². The van der Waals surface area contributed by atoms with Gasteiger partial charge in [-0.25, -0.2) is 4.79 Å². The van der Waals surface area contributed by atoms with Crippen LogP contribution in [-0.2, 0) is 9.53 Å². The number of quaternary nitrogens is 1. The molecule has 3 heteroatoms. The molecule has 100 valence electrons. The quantitative estimate of drug-likeness (QED) is 0.215. The van der Waals surface area contributed by atoms with Crippen LogP contribution in [0.4, 0.5) is 0 Å². The monoisotopic (exact) mass is 242 g/mol. The largest absolute Gasteiger partial charge is 0.407 e. The van der Waals surface area contributed by atoms with Crippen LogP contribution in [0.25, 0.3) is 0 Å². The number of rotatable bonds is 8. The zero-order valence-corrected chi connectivity index (χ0v) is 12.1. The third-order valence-electron chi connectivity index (χ3n) is 3.55. The second-order valence-electron chi connectivity index (χ2n) is 5.54. The van der Waals surface area contributed by atoms with Gasteiger partial charge in [-0.1, -0.05) is 26.3 Å². The van der Waals surface area contributed by atoms with Crippen molar-refractivity contribution in [2.75, 3.05) is 20.6 Å². The van der Waals surface area contributed by atoms with Gasteiger partial charge in [0.1, 0.15) is 0 Å². The first-order valence-corrected chi connectivity index (χ1v) is 6.45. The number of hydrogen-bond acceptors (Lipinski definition) is 2. The van der Waals surface area contributed by atoms with Crippen molar-refractivity contribution in [3.8, 4) is 0 Å². The molecule has 0 unspecified atom stereocenters. The van der Waals surface area contributed by atoms with Crippen molar-refractivity contribution in [3.05, 3.63) is 12.7 Å². The number of hydrogen-bond donors (Lipinski definition) is 0. The zero-order chi connectivity index (χ0) is 13.5. The highest BCUT2D eigenvalue weighted by Gasteiger charge is 2.39. The van der Waals surface area contributed by atoms with Gasteiger partial charge in [0.25, 0.3) is 0 Å². The predicted octanol–water partition coefficient (Wildman–Crippen LogP) is 3.11. The number of esters is 1. The predicted molar refractivity (Wildman–Crippen MR) is 71.5 cm³/mol. The highest BCUT2D eigenvalue weighted by atomic mass is 16.6. The van der Waals surface area contributed by atoms with Gasteiger partial charge < -0.3 is 4.74 Å². The van der Waals surface area contributed by atoms with E-state index in [0.717, 1.165) is 13.0 Å². The molecule has 0 aromatic rings. The lowest BCUT2D eigenvalue weighted by atomic mass is 10.1. The van der Waals surface area contributed by atoms with Crippen LogP contribution in [-0.4, -0.2) is 36.8 Å². The molecule has 0 spiro atoms. The molecular formula is C14H28NO2+. The summed E-state index contributed by atoms with van der Waals surface area (Å²) in [6, 6.07) is 0. The van der Waals surface area contributed by atoms with Crippen molar-refractivity contribution in [1.29, 1.82) is 0 Å². The maximum absolute atomic E-state index is 11.3. The summed E-state index contributed by atoms with van der Waals surface area (Å²) in [5, 5.41) is 0. The van der Waals surface area contributed by atoms with Gasteiger partial charge in [0.15, 0.2) is 0 Å². The summed E-state index contributed by atoms with van der Waals surface area (Å²) in [7, 11) is 4.20. The van der Waals surface area contributed by atoms with E-state index in [1.165, 1.54) is 25.3 Å². The zero-order valence-electron chi connectivity index (χ0n) is 12.1. The molecule has 0 aliphatic carbocycles. The van der Waals surface area contributed by atoms with Gasteiger partial charge in [-0.05, 0) is 12.8 Å². The Morgan fingerprint density at radius 1 is 1.29 bits per heavy atom. The van der Waals surface area contributed by atoms with Crippen LogP contribution in [0.3, 0.4) is 0 Å². The van der Waals surface area contributed by atoms with E-state index in [2.05, 4.69) is 27.6 Å². The van der Waals surface area contributed by atoms with Crippen molar-refractivity contribution in [2.24, 2.45) is 0 Å². The maximum atomic E-state index is 11.3. The third kappa shape index (κ3) is 5.35. The molecule has 0 rings (SSSR count). The lowest BCUT2D eigenvalue weighted by molar-refractivity contribution is -0.960. The number of carbonyl (C=O) groups is 1. The highest BCUT2D eigenvalue weighted by molar-refractivity contribution is 5.81. The summed E-state index contributed by atoms with van der Waals surface area (Å²) in [5.74, 6) is -0.352. The molecule has 0 saturated heterocycles.